The molecule has 1 N–H and O–H groups in total. The third-order valence-electron chi connectivity index (χ3n) is 4.26. The molecule has 0 saturated heterocycles. The van der Waals surface area contributed by atoms with Crippen molar-refractivity contribution in [3.63, 3.8) is 0 Å². The Kier molecular flexibility index (Phi) is 2.83. The Balaban J connectivity index is 2.06. The zero-order valence-corrected chi connectivity index (χ0v) is 11.2. The van der Waals surface area contributed by atoms with E-state index in [0.717, 1.165) is 12.1 Å². The second-order valence-electron chi connectivity index (χ2n) is 5.58. The number of benzene rings is 1. The molecule has 2 heteroatoms. The summed E-state index contributed by atoms with van der Waals surface area (Å²) in [5.74, 6) is 0. The highest BCUT2D eigenvalue weighted by atomic mass is 14.8. The van der Waals surface area contributed by atoms with Gasteiger partial charge in [0.25, 0.3) is 0 Å². The first-order valence-corrected chi connectivity index (χ1v) is 6.75. The minimum atomic E-state index is 0.368. The number of aryl methyl sites for hydroxylation is 1. The van der Waals surface area contributed by atoms with Crippen LogP contribution in [0.1, 0.15) is 30.4 Å². The maximum atomic E-state index is 4.48. The van der Waals surface area contributed by atoms with Crippen LogP contribution in [0, 0.1) is 6.92 Å². The maximum absolute atomic E-state index is 4.48. The van der Waals surface area contributed by atoms with E-state index in [-0.39, 0.29) is 0 Å². The quantitative estimate of drug-likeness (QED) is 0.891. The van der Waals surface area contributed by atoms with Gasteiger partial charge in [-0.2, -0.15) is 0 Å². The smallest absolute Gasteiger partial charge is 0.0702 e. The van der Waals surface area contributed by atoms with E-state index in [1.165, 1.54) is 35.8 Å². The first-order valence-electron chi connectivity index (χ1n) is 6.75. The SMILES string of the molecule is CNCC1(c2ccc3ncc(C)cc3c2)CCC1. The number of rotatable bonds is 3. The minimum Gasteiger partial charge on any atom is -0.319 e. The summed E-state index contributed by atoms with van der Waals surface area (Å²) in [6, 6.07) is 9.00. The molecule has 0 radical (unpaired) electrons. The van der Waals surface area contributed by atoms with Crippen molar-refractivity contribution >= 4 is 10.9 Å². The lowest BCUT2D eigenvalue weighted by Crippen LogP contribution is -2.42. The molecule has 1 aliphatic rings. The highest BCUT2D eigenvalue weighted by molar-refractivity contribution is 5.80. The van der Waals surface area contributed by atoms with Gasteiger partial charge in [0, 0.05) is 23.5 Å². The van der Waals surface area contributed by atoms with Crippen LogP contribution in [0.15, 0.2) is 30.5 Å². The molecule has 2 nitrogen and oxygen atoms in total. The highest BCUT2D eigenvalue weighted by Gasteiger charge is 2.37. The van der Waals surface area contributed by atoms with Gasteiger partial charge in [0.2, 0.25) is 0 Å². The average molecular weight is 240 g/mol. The molecule has 1 aliphatic carbocycles. The Morgan fingerprint density at radius 3 is 2.78 bits per heavy atom. The lowest BCUT2D eigenvalue weighted by molar-refractivity contribution is 0.239. The third-order valence-corrected chi connectivity index (χ3v) is 4.26. The summed E-state index contributed by atoms with van der Waals surface area (Å²) < 4.78 is 0. The summed E-state index contributed by atoms with van der Waals surface area (Å²) >= 11 is 0. The number of nitrogens with zero attached hydrogens (tertiary/aromatic N) is 1. The van der Waals surface area contributed by atoms with Gasteiger partial charge >= 0.3 is 0 Å². The van der Waals surface area contributed by atoms with Crippen molar-refractivity contribution in [2.24, 2.45) is 0 Å². The van der Waals surface area contributed by atoms with Crippen LogP contribution >= 0.6 is 0 Å². The number of pyridine rings is 1. The molecule has 0 amide bonds. The van der Waals surface area contributed by atoms with Crippen LogP contribution in [-0.4, -0.2) is 18.6 Å². The van der Waals surface area contributed by atoms with E-state index in [9.17, 15) is 0 Å². The zero-order valence-electron chi connectivity index (χ0n) is 11.2. The van der Waals surface area contributed by atoms with Crippen molar-refractivity contribution in [3.05, 3.63) is 41.6 Å². The molecule has 18 heavy (non-hydrogen) atoms. The van der Waals surface area contributed by atoms with Gasteiger partial charge in [0.05, 0.1) is 5.52 Å². The molecule has 1 saturated carbocycles. The fraction of sp³-hybridized carbons (Fsp3) is 0.438. The van der Waals surface area contributed by atoms with Gasteiger partial charge in [-0.15, -0.1) is 0 Å². The molecule has 2 aromatic rings. The van der Waals surface area contributed by atoms with Crippen molar-refractivity contribution in [2.75, 3.05) is 13.6 Å². The fourth-order valence-corrected chi connectivity index (χ4v) is 3.08. The van der Waals surface area contributed by atoms with E-state index in [0.29, 0.717) is 5.41 Å². The van der Waals surface area contributed by atoms with Crippen LogP contribution in [0.3, 0.4) is 0 Å². The van der Waals surface area contributed by atoms with Gasteiger partial charge < -0.3 is 5.32 Å². The first-order chi connectivity index (χ1) is 8.73. The molecule has 0 unspecified atom stereocenters. The summed E-state index contributed by atoms with van der Waals surface area (Å²) in [5, 5.41) is 4.63. The summed E-state index contributed by atoms with van der Waals surface area (Å²) in [7, 11) is 2.05. The van der Waals surface area contributed by atoms with Gasteiger partial charge in [0.1, 0.15) is 0 Å². The molecule has 1 aromatic carbocycles. The van der Waals surface area contributed by atoms with Gasteiger partial charge in [-0.25, -0.2) is 0 Å². The Morgan fingerprint density at radius 2 is 2.11 bits per heavy atom. The van der Waals surface area contributed by atoms with Crippen LogP contribution in [0.5, 0.6) is 0 Å². The molecule has 3 rings (SSSR count). The van der Waals surface area contributed by atoms with E-state index in [4.69, 9.17) is 0 Å². The number of hydrogen-bond donors (Lipinski definition) is 1. The molecule has 1 heterocycles. The number of hydrogen-bond acceptors (Lipinski definition) is 2. The van der Waals surface area contributed by atoms with E-state index < -0.39 is 0 Å². The maximum Gasteiger partial charge on any atom is 0.0702 e. The van der Waals surface area contributed by atoms with E-state index in [1.54, 1.807) is 0 Å². The molecule has 1 fully saturated rings. The molecule has 0 bridgehead atoms. The van der Waals surface area contributed by atoms with Crippen LogP contribution in [0.4, 0.5) is 0 Å². The highest BCUT2D eigenvalue weighted by Crippen LogP contribution is 2.43. The largest absolute Gasteiger partial charge is 0.319 e. The topological polar surface area (TPSA) is 24.9 Å². The number of likely N-dealkylation sites (N-methyl/N-ethyl adjacent to an activating group) is 1. The van der Waals surface area contributed by atoms with Gasteiger partial charge in [-0.1, -0.05) is 12.5 Å². The van der Waals surface area contributed by atoms with Crippen LogP contribution in [0.2, 0.25) is 0 Å². The van der Waals surface area contributed by atoms with Crippen molar-refractivity contribution in [1.29, 1.82) is 0 Å². The molecular formula is C16H20N2. The molecule has 1 aromatic heterocycles. The average Bonchev–Trinajstić information content (AvgIpc) is 2.33. The Hall–Kier alpha value is -1.41. The standard InChI is InChI=1S/C16H20N2/c1-12-8-13-9-14(4-5-15(13)18-10-12)16(11-17-2)6-3-7-16/h4-5,8-10,17H,3,6-7,11H2,1-2H3. The zero-order chi connectivity index (χ0) is 12.6. The van der Waals surface area contributed by atoms with Crippen molar-refractivity contribution < 1.29 is 0 Å². The summed E-state index contributed by atoms with van der Waals surface area (Å²) in [4.78, 5) is 4.48. The molecule has 0 atom stereocenters. The van der Waals surface area contributed by atoms with E-state index in [2.05, 4.69) is 41.5 Å². The van der Waals surface area contributed by atoms with Gasteiger partial charge in [-0.3, -0.25) is 4.98 Å². The Bertz CT molecular complexity index is 570. The summed E-state index contributed by atoms with van der Waals surface area (Å²) in [6.45, 7) is 3.18. The number of aromatic nitrogens is 1. The Labute approximate surface area is 108 Å². The second-order valence-corrected chi connectivity index (χ2v) is 5.58. The van der Waals surface area contributed by atoms with Crippen molar-refractivity contribution in [2.45, 2.75) is 31.6 Å². The summed E-state index contributed by atoms with van der Waals surface area (Å²) in [6.07, 6.45) is 5.90. The monoisotopic (exact) mass is 240 g/mol. The number of nitrogens with one attached hydrogen (secondary N) is 1. The fourth-order valence-electron chi connectivity index (χ4n) is 3.08. The third kappa shape index (κ3) is 1.81. The van der Waals surface area contributed by atoms with E-state index >= 15 is 0 Å². The second kappa shape index (κ2) is 4.36. The predicted molar refractivity (Wildman–Crippen MR) is 75.9 cm³/mol. The van der Waals surface area contributed by atoms with Gasteiger partial charge in [0.15, 0.2) is 0 Å². The molecular weight excluding hydrogens is 220 g/mol. The number of fused-ring (bicyclic) bond motifs is 1. The van der Waals surface area contributed by atoms with Gasteiger partial charge in [-0.05, 0) is 56.1 Å². The lowest BCUT2D eigenvalue weighted by Gasteiger charge is -2.42. The lowest BCUT2D eigenvalue weighted by atomic mass is 9.64. The molecule has 0 aliphatic heterocycles. The normalized spacial score (nSPS) is 17.7. The van der Waals surface area contributed by atoms with Crippen molar-refractivity contribution in [3.8, 4) is 0 Å². The molecule has 0 spiro atoms. The van der Waals surface area contributed by atoms with Crippen molar-refractivity contribution in [1.82, 2.24) is 10.3 Å². The van der Waals surface area contributed by atoms with E-state index in [1.807, 2.05) is 13.2 Å². The Morgan fingerprint density at radius 1 is 1.28 bits per heavy atom. The predicted octanol–water partition coefficient (Wildman–Crippen LogP) is 3.18. The van der Waals surface area contributed by atoms with Crippen LogP contribution < -0.4 is 5.32 Å². The minimum absolute atomic E-state index is 0.368. The molecule has 94 valence electrons. The van der Waals surface area contributed by atoms with Crippen LogP contribution in [0.25, 0.3) is 10.9 Å². The van der Waals surface area contributed by atoms with Crippen LogP contribution in [-0.2, 0) is 5.41 Å². The first kappa shape index (κ1) is 11.7. The summed E-state index contributed by atoms with van der Waals surface area (Å²) in [5.41, 5.74) is 4.18.